The number of rotatable bonds is 9. The zero-order valence-electron chi connectivity index (χ0n) is 15.5. The fourth-order valence-corrected chi connectivity index (χ4v) is 3.89. The molecule has 0 unspecified atom stereocenters. The quantitative estimate of drug-likeness (QED) is 0.605. The normalized spacial score (nSPS) is 14.0. The van der Waals surface area contributed by atoms with Gasteiger partial charge in [-0.1, -0.05) is 24.4 Å². The lowest BCUT2D eigenvalue weighted by Crippen LogP contribution is -2.15. The number of esters is 1. The minimum Gasteiger partial charge on any atom is -0.492 e. The van der Waals surface area contributed by atoms with Crippen molar-refractivity contribution in [3.8, 4) is 5.75 Å². The molecule has 1 heterocycles. The lowest BCUT2D eigenvalue weighted by molar-refractivity contribution is 0.0518. The monoisotopic (exact) mass is 428 g/mol. The first-order valence-corrected chi connectivity index (χ1v) is 10.8. The Morgan fingerprint density at radius 2 is 2.14 bits per heavy atom. The SMILES string of the molecule is CCOC(=O)c1nc(NS(=O)(=O)c2cc(Cl)ccc2OCCC2CC2)oc1C. The van der Waals surface area contributed by atoms with E-state index in [1.807, 2.05) is 0 Å². The maximum absolute atomic E-state index is 12.8. The second-order valence-electron chi connectivity index (χ2n) is 6.42. The topological polar surface area (TPSA) is 108 Å². The van der Waals surface area contributed by atoms with Gasteiger partial charge >= 0.3 is 12.0 Å². The first kappa shape index (κ1) is 20.5. The van der Waals surface area contributed by atoms with Crippen LogP contribution in [0.3, 0.4) is 0 Å². The number of nitrogens with one attached hydrogen (secondary N) is 1. The van der Waals surface area contributed by atoms with E-state index < -0.39 is 16.0 Å². The van der Waals surface area contributed by atoms with Crippen LogP contribution in [-0.2, 0) is 14.8 Å². The van der Waals surface area contributed by atoms with Crippen molar-refractivity contribution in [1.82, 2.24) is 4.98 Å². The minimum absolute atomic E-state index is 0.0912. The van der Waals surface area contributed by atoms with Crippen molar-refractivity contribution in [2.24, 2.45) is 5.92 Å². The number of oxazole rings is 1. The Hall–Kier alpha value is -2.26. The fourth-order valence-electron chi connectivity index (χ4n) is 2.55. The van der Waals surface area contributed by atoms with Crippen LogP contribution >= 0.6 is 11.6 Å². The molecule has 0 amide bonds. The molecule has 28 heavy (non-hydrogen) atoms. The number of hydrogen-bond acceptors (Lipinski definition) is 7. The van der Waals surface area contributed by atoms with Crippen molar-refractivity contribution in [2.45, 2.75) is 38.0 Å². The van der Waals surface area contributed by atoms with E-state index in [2.05, 4.69) is 9.71 Å². The molecule has 0 atom stereocenters. The summed E-state index contributed by atoms with van der Waals surface area (Å²) in [4.78, 5) is 15.6. The summed E-state index contributed by atoms with van der Waals surface area (Å²) in [6.07, 6.45) is 3.24. The summed E-state index contributed by atoms with van der Waals surface area (Å²) in [5.74, 6) is 0.290. The maximum Gasteiger partial charge on any atom is 0.360 e. The summed E-state index contributed by atoms with van der Waals surface area (Å²) in [6.45, 7) is 3.72. The number of ether oxygens (including phenoxy) is 2. The van der Waals surface area contributed by atoms with E-state index in [1.54, 1.807) is 13.0 Å². The van der Waals surface area contributed by atoms with Crippen molar-refractivity contribution in [2.75, 3.05) is 17.9 Å². The number of benzene rings is 1. The molecule has 1 aliphatic carbocycles. The van der Waals surface area contributed by atoms with Gasteiger partial charge in [0.2, 0.25) is 0 Å². The molecular formula is C18H21ClN2O6S. The van der Waals surface area contributed by atoms with Crippen molar-refractivity contribution >= 4 is 33.6 Å². The van der Waals surface area contributed by atoms with Crippen LogP contribution in [0.5, 0.6) is 5.75 Å². The largest absolute Gasteiger partial charge is 0.492 e. The highest BCUT2D eigenvalue weighted by Crippen LogP contribution is 2.34. The Bertz CT molecular complexity index is 968. The average molecular weight is 429 g/mol. The van der Waals surface area contributed by atoms with Gasteiger partial charge in [-0.15, -0.1) is 0 Å². The molecule has 1 saturated carbocycles. The number of halogens is 1. The Kier molecular flexibility index (Phi) is 6.14. The van der Waals surface area contributed by atoms with Crippen molar-refractivity contribution < 1.29 is 27.1 Å². The smallest absolute Gasteiger partial charge is 0.360 e. The zero-order valence-corrected chi connectivity index (χ0v) is 17.1. The molecule has 2 aromatic rings. The molecule has 1 aromatic heterocycles. The first-order valence-electron chi connectivity index (χ1n) is 8.90. The highest BCUT2D eigenvalue weighted by molar-refractivity contribution is 7.92. The van der Waals surface area contributed by atoms with Gasteiger partial charge in [-0.25, -0.2) is 17.9 Å². The standard InChI is InChI=1S/C18H21ClN2O6S/c1-3-25-17(22)16-11(2)27-18(20-16)21-28(23,24)15-10-13(19)6-7-14(15)26-9-8-12-4-5-12/h6-7,10,12H,3-5,8-9H2,1-2H3,(H,20,21). The molecule has 0 radical (unpaired) electrons. The Balaban J connectivity index is 1.81. The van der Waals surface area contributed by atoms with E-state index in [0.29, 0.717) is 12.5 Å². The van der Waals surface area contributed by atoms with Crippen molar-refractivity contribution in [3.05, 3.63) is 34.7 Å². The molecule has 1 aromatic carbocycles. The van der Waals surface area contributed by atoms with Crippen LogP contribution in [0.2, 0.25) is 5.02 Å². The van der Waals surface area contributed by atoms with Gasteiger partial charge in [-0.2, -0.15) is 4.98 Å². The second-order valence-corrected chi connectivity index (χ2v) is 8.51. The lowest BCUT2D eigenvalue weighted by Gasteiger charge is -2.12. The van der Waals surface area contributed by atoms with Crippen LogP contribution < -0.4 is 9.46 Å². The summed E-state index contributed by atoms with van der Waals surface area (Å²) in [5.41, 5.74) is -0.0912. The Morgan fingerprint density at radius 1 is 1.39 bits per heavy atom. The van der Waals surface area contributed by atoms with Crippen molar-refractivity contribution in [3.63, 3.8) is 0 Å². The molecule has 0 saturated heterocycles. The molecule has 8 nitrogen and oxygen atoms in total. The van der Waals surface area contributed by atoms with Gasteiger partial charge in [0.05, 0.1) is 13.2 Å². The van der Waals surface area contributed by atoms with E-state index in [1.165, 1.54) is 31.9 Å². The van der Waals surface area contributed by atoms with E-state index in [4.69, 9.17) is 25.5 Å². The summed E-state index contributed by atoms with van der Waals surface area (Å²) in [6, 6.07) is 4.01. The molecule has 10 heteroatoms. The Labute approximate surface area is 168 Å². The van der Waals surface area contributed by atoms with Gasteiger partial charge in [0, 0.05) is 5.02 Å². The van der Waals surface area contributed by atoms with Gasteiger partial charge in [-0.3, -0.25) is 0 Å². The van der Waals surface area contributed by atoms with Gasteiger partial charge in [0.1, 0.15) is 16.4 Å². The van der Waals surface area contributed by atoms with Gasteiger partial charge in [0.25, 0.3) is 10.0 Å². The molecule has 1 fully saturated rings. The number of aromatic nitrogens is 1. The molecule has 0 aliphatic heterocycles. The summed E-state index contributed by atoms with van der Waals surface area (Å²) in [7, 11) is -4.11. The maximum atomic E-state index is 12.8. The third-order valence-electron chi connectivity index (χ3n) is 4.16. The summed E-state index contributed by atoms with van der Waals surface area (Å²) in [5, 5.41) is 0.241. The predicted molar refractivity (Wildman–Crippen MR) is 102 cm³/mol. The summed E-state index contributed by atoms with van der Waals surface area (Å²) < 4.78 is 43.7. The summed E-state index contributed by atoms with van der Waals surface area (Å²) >= 11 is 5.98. The van der Waals surface area contributed by atoms with Crippen LogP contribution in [0.15, 0.2) is 27.5 Å². The van der Waals surface area contributed by atoms with Crippen molar-refractivity contribution in [1.29, 1.82) is 0 Å². The third kappa shape index (κ3) is 4.96. The fraction of sp³-hybridized carbons (Fsp3) is 0.444. The lowest BCUT2D eigenvalue weighted by atomic mass is 10.3. The molecule has 152 valence electrons. The van der Waals surface area contributed by atoms with Gasteiger partial charge in [0.15, 0.2) is 5.69 Å². The van der Waals surface area contributed by atoms with Crippen LogP contribution in [-0.4, -0.2) is 32.6 Å². The minimum atomic E-state index is -4.11. The Morgan fingerprint density at radius 3 is 2.82 bits per heavy atom. The number of anilines is 1. The number of carbonyl (C=O) groups is 1. The van der Waals surface area contributed by atoms with E-state index in [0.717, 1.165) is 6.42 Å². The van der Waals surface area contributed by atoms with E-state index in [9.17, 15) is 13.2 Å². The zero-order chi connectivity index (χ0) is 20.3. The van der Waals surface area contributed by atoms with E-state index >= 15 is 0 Å². The molecule has 0 bridgehead atoms. The highest BCUT2D eigenvalue weighted by atomic mass is 35.5. The van der Waals surface area contributed by atoms with Crippen LogP contribution in [0, 0.1) is 12.8 Å². The van der Waals surface area contributed by atoms with Gasteiger partial charge in [-0.05, 0) is 44.4 Å². The van der Waals surface area contributed by atoms with Gasteiger partial charge < -0.3 is 13.9 Å². The number of nitrogens with zero attached hydrogens (tertiary/aromatic N) is 1. The molecule has 1 N–H and O–H groups in total. The number of carbonyl (C=O) groups excluding carboxylic acids is 1. The molecule has 3 rings (SSSR count). The van der Waals surface area contributed by atoms with E-state index in [-0.39, 0.29) is 39.7 Å². The number of aryl methyl sites for hydroxylation is 1. The molecule has 1 aliphatic rings. The molecular weight excluding hydrogens is 408 g/mol. The third-order valence-corrected chi connectivity index (χ3v) is 5.74. The van der Waals surface area contributed by atoms with Crippen LogP contribution in [0.4, 0.5) is 6.01 Å². The first-order chi connectivity index (χ1) is 13.3. The van der Waals surface area contributed by atoms with Crippen LogP contribution in [0.25, 0.3) is 0 Å². The second kappa shape index (κ2) is 8.40. The van der Waals surface area contributed by atoms with Crippen LogP contribution in [0.1, 0.15) is 42.4 Å². The number of hydrogen-bond donors (Lipinski definition) is 1. The highest BCUT2D eigenvalue weighted by Gasteiger charge is 2.26. The molecule has 0 spiro atoms. The predicted octanol–water partition coefficient (Wildman–Crippen LogP) is 3.79. The number of sulfonamides is 1. The average Bonchev–Trinajstić information content (AvgIpc) is 3.38.